The zero-order valence-corrected chi connectivity index (χ0v) is 13.3. The fourth-order valence-electron chi connectivity index (χ4n) is 2.80. The second kappa shape index (κ2) is 6.12. The third kappa shape index (κ3) is 3.24. The summed E-state index contributed by atoms with van der Waals surface area (Å²) in [4.78, 5) is 3.27. The van der Waals surface area contributed by atoms with Gasteiger partial charge in [-0.1, -0.05) is 18.2 Å². The first-order valence-corrected chi connectivity index (χ1v) is 8.64. The molecule has 0 radical (unpaired) electrons. The van der Waals surface area contributed by atoms with Crippen molar-refractivity contribution in [3.05, 3.63) is 47.8 Å². The van der Waals surface area contributed by atoms with Gasteiger partial charge in [0, 0.05) is 36.0 Å². The van der Waals surface area contributed by atoms with Gasteiger partial charge in [0.1, 0.15) is 0 Å². The molecule has 0 spiro atoms. The summed E-state index contributed by atoms with van der Waals surface area (Å²) in [6, 6.07) is 12.3. The molecule has 0 bridgehead atoms. The predicted molar refractivity (Wildman–Crippen MR) is 84.9 cm³/mol. The molecule has 21 heavy (non-hydrogen) atoms. The number of aromatic nitrogens is 2. The Labute approximate surface area is 128 Å². The second-order valence-corrected chi connectivity index (χ2v) is 7.22. The molecule has 2 heterocycles. The Balaban J connectivity index is 1.47. The Hall–Kier alpha value is -1.46. The van der Waals surface area contributed by atoms with Crippen LogP contribution in [0.25, 0.3) is 0 Å². The first-order valence-electron chi connectivity index (χ1n) is 7.32. The van der Waals surface area contributed by atoms with Crippen molar-refractivity contribution >= 4 is 10.8 Å². The second-order valence-electron chi connectivity index (χ2n) is 5.65. The van der Waals surface area contributed by atoms with Crippen molar-refractivity contribution in [2.24, 2.45) is 0 Å². The molecule has 0 unspecified atom stereocenters. The van der Waals surface area contributed by atoms with E-state index < -0.39 is 10.8 Å². The highest BCUT2D eigenvalue weighted by Gasteiger charge is 2.29. The minimum absolute atomic E-state index is 0.476. The lowest BCUT2D eigenvalue weighted by molar-refractivity contribution is 0.105. The monoisotopic (exact) mass is 303 g/mol. The molecule has 1 fully saturated rings. The SMILES string of the molecule is Cc1cc(C)n(C2CN(CC[S@@](=O)c3ccccc3)C2)n1. The molecule has 1 atom stereocenters. The summed E-state index contributed by atoms with van der Waals surface area (Å²) in [6.45, 7) is 7.04. The van der Waals surface area contributed by atoms with Gasteiger partial charge < -0.3 is 0 Å². The highest BCUT2D eigenvalue weighted by atomic mass is 32.2. The van der Waals surface area contributed by atoms with Gasteiger partial charge in [0.2, 0.25) is 0 Å². The van der Waals surface area contributed by atoms with Crippen LogP contribution >= 0.6 is 0 Å². The molecule has 112 valence electrons. The zero-order chi connectivity index (χ0) is 14.8. The Bertz CT molecular complexity index is 632. The Morgan fingerprint density at radius 3 is 2.57 bits per heavy atom. The predicted octanol–water partition coefficient (Wildman–Crippen LogP) is 2.16. The lowest BCUT2D eigenvalue weighted by atomic mass is 10.1. The Kier molecular flexibility index (Phi) is 4.22. The number of benzene rings is 1. The molecule has 1 aromatic heterocycles. The van der Waals surface area contributed by atoms with E-state index in [2.05, 4.69) is 27.7 Å². The molecule has 1 aromatic carbocycles. The fraction of sp³-hybridized carbons (Fsp3) is 0.438. The summed E-state index contributed by atoms with van der Waals surface area (Å²) in [5.74, 6) is 0.702. The van der Waals surface area contributed by atoms with Crippen LogP contribution in [0, 0.1) is 13.8 Å². The van der Waals surface area contributed by atoms with Gasteiger partial charge in [0.25, 0.3) is 0 Å². The van der Waals surface area contributed by atoms with Crippen LogP contribution in [0.5, 0.6) is 0 Å². The van der Waals surface area contributed by atoms with Crippen molar-refractivity contribution in [3.63, 3.8) is 0 Å². The molecule has 0 saturated carbocycles. The number of hydrogen-bond acceptors (Lipinski definition) is 3. The van der Waals surface area contributed by atoms with E-state index in [0.717, 1.165) is 30.2 Å². The van der Waals surface area contributed by atoms with Crippen LogP contribution in [-0.4, -0.2) is 44.3 Å². The van der Waals surface area contributed by atoms with Crippen molar-refractivity contribution < 1.29 is 4.21 Å². The topological polar surface area (TPSA) is 38.1 Å². The maximum atomic E-state index is 12.2. The zero-order valence-electron chi connectivity index (χ0n) is 12.5. The minimum atomic E-state index is -0.892. The summed E-state index contributed by atoms with van der Waals surface area (Å²) >= 11 is 0. The minimum Gasteiger partial charge on any atom is -0.298 e. The molecule has 1 aliphatic rings. The van der Waals surface area contributed by atoms with E-state index in [0.29, 0.717) is 11.8 Å². The largest absolute Gasteiger partial charge is 0.298 e. The molecule has 0 amide bonds. The number of nitrogens with zero attached hydrogens (tertiary/aromatic N) is 3. The van der Waals surface area contributed by atoms with Gasteiger partial charge in [0.05, 0.1) is 22.5 Å². The molecule has 0 aliphatic carbocycles. The summed E-state index contributed by atoms with van der Waals surface area (Å²) in [5, 5.41) is 4.54. The van der Waals surface area contributed by atoms with E-state index in [1.165, 1.54) is 5.69 Å². The first kappa shape index (κ1) is 14.5. The normalized spacial score (nSPS) is 17.6. The highest BCUT2D eigenvalue weighted by Crippen LogP contribution is 2.22. The number of likely N-dealkylation sites (tertiary alicyclic amines) is 1. The van der Waals surface area contributed by atoms with Crippen molar-refractivity contribution in [1.29, 1.82) is 0 Å². The van der Waals surface area contributed by atoms with E-state index in [1.54, 1.807) is 0 Å². The van der Waals surface area contributed by atoms with E-state index in [9.17, 15) is 4.21 Å². The quantitative estimate of drug-likeness (QED) is 0.849. The molecule has 3 rings (SSSR count). The van der Waals surface area contributed by atoms with E-state index in [4.69, 9.17) is 0 Å². The number of hydrogen-bond donors (Lipinski definition) is 0. The fourth-order valence-corrected chi connectivity index (χ4v) is 3.92. The van der Waals surface area contributed by atoms with E-state index in [-0.39, 0.29) is 0 Å². The van der Waals surface area contributed by atoms with Gasteiger partial charge in [-0.25, -0.2) is 0 Å². The van der Waals surface area contributed by atoms with Crippen molar-refractivity contribution in [2.45, 2.75) is 24.8 Å². The molecular formula is C16H21N3OS. The van der Waals surface area contributed by atoms with Gasteiger partial charge >= 0.3 is 0 Å². The van der Waals surface area contributed by atoms with Crippen LogP contribution in [0.1, 0.15) is 17.4 Å². The Morgan fingerprint density at radius 2 is 1.95 bits per heavy atom. The maximum absolute atomic E-state index is 12.2. The summed E-state index contributed by atoms with van der Waals surface area (Å²) < 4.78 is 14.3. The third-order valence-corrected chi connectivity index (χ3v) is 5.28. The molecule has 2 aromatic rings. The molecule has 0 N–H and O–H groups in total. The summed E-state index contributed by atoms with van der Waals surface area (Å²) in [7, 11) is -0.892. The average Bonchev–Trinajstić information content (AvgIpc) is 2.76. The summed E-state index contributed by atoms with van der Waals surface area (Å²) in [5.41, 5.74) is 2.31. The maximum Gasteiger partial charge on any atom is 0.0775 e. The smallest absolute Gasteiger partial charge is 0.0775 e. The lowest BCUT2D eigenvalue weighted by Crippen LogP contribution is -2.49. The van der Waals surface area contributed by atoms with Crippen LogP contribution < -0.4 is 0 Å². The van der Waals surface area contributed by atoms with E-state index >= 15 is 0 Å². The Morgan fingerprint density at radius 1 is 1.24 bits per heavy atom. The van der Waals surface area contributed by atoms with Crippen LogP contribution in [0.2, 0.25) is 0 Å². The van der Waals surface area contributed by atoms with Gasteiger partial charge in [0.15, 0.2) is 0 Å². The van der Waals surface area contributed by atoms with Crippen LogP contribution in [0.15, 0.2) is 41.3 Å². The molecular weight excluding hydrogens is 282 g/mol. The molecule has 1 aliphatic heterocycles. The average molecular weight is 303 g/mol. The number of rotatable bonds is 5. The van der Waals surface area contributed by atoms with Crippen LogP contribution in [-0.2, 0) is 10.8 Å². The van der Waals surface area contributed by atoms with Gasteiger partial charge in [-0.3, -0.25) is 13.8 Å². The van der Waals surface area contributed by atoms with Gasteiger partial charge in [-0.15, -0.1) is 0 Å². The van der Waals surface area contributed by atoms with Gasteiger partial charge in [-0.2, -0.15) is 5.10 Å². The molecule has 1 saturated heterocycles. The van der Waals surface area contributed by atoms with Crippen LogP contribution in [0.3, 0.4) is 0 Å². The van der Waals surface area contributed by atoms with E-state index in [1.807, 2.05) is 37.3 Å². The van der Waals surface area contributed by atoms with Gasteiger partial charge in [-0.05, 0) is 32.0 Å². The number of aryl methyl sites for hydroxylation is 2. The first-order chi connectivity index (χ1) is 10.1. The van der Waals surface area contributed by atoms with Crippen LogP contribution in [0.4, 0.5) is 0 Å². The van der Waals surface area contributed by atoms with Crippen molar-refractivity contribution in [2.75, 3.05) is 25.4 Å². The lowest BCUT2D eigenvalue weighted by Gasteiger charge is -2.39. The third-order valence-electron chi connectivity index (χ3n) is 3.93. The van der Waals surface area contributed by atoms with Crippen molar-refractivity contribution in [1.82, 2.24) is 14.7 Å². The summed E-state index contributed by atoms with van der Waals surface area (Å²) in [6.07, 6.45) is 0. The van der Waals surface area contributed by atoms with Crippen molar-refractivity contribution in [3.8, 4) is 0 Å². The highest BCUT2D eigenvalue weighted by molar-refractivity contribution is 7.85. The molecule has 5 heteroatoms. The standard InChI is InChI=1S/C16H21N3OS/c1-13-10-14(2)19(17-13)15-11-18(12-15)8-9-21(20)16-6-4-3-5-7-16/h3-7,10,15H,8-9,11-12H2,1-2H3/t21-/m1/s1. The molecule has 4 nitrogen and oxygen atoms in total.